The summed E-state index contributed by atoms with van der Waals surface area (Å²) in [5, 5.41) is 22.9. The first-order valence-corrected chi connectivity index (χ1v) is 8.45. The molecule has 0 amide bonds. The van der Waals surface area contributed by atoms with Crippen molar-refractivity contribution in [2.45, 2.75) is 9.24 Å². The summed E-state index contributed by atoms with van der Waals surface area (Å²) in [7, 11) is 1.59. The normalized spacial score (nSPS) is 10.4. The summed E-state index contributed by atoms with van der Waals surface area (Å²) in [6.45, 7) is 0. The zero-order chi connectivity index (χ0) is 16.9. The van der Waals surface area contributed by atoms with E-state index in [9.17, 15) is 10.1 Å². The van der Waals surface area contributed by atoms with Gasteiger partial charge in [-0.25, -0.2) is 0 Å². The molecule has 2 aromatic carbocycles. The summed E-state index contributed by atoms with van der Waals surface area (Å²) in [6, 6.07) is 14.0. The minimum atomic E-state index is -0.405. The number of methoxy groups -OCH3 is 1. The number of rotatable bonds is 6. The number of nitrogens with one attached hydrogen (secondary N) is 1. The third-order valence-corrected chi connectivity index (χ3v) is 4.97. The Morgan fingerprint density at radius 2 is 1.92 bits per heavy atom. The lowest BCUT2D eigenvalue weighted by atomic mass is 10.3. The molecular weight excluding hydrogens is 348 g/mol. The van der Waals surface area contributed by atoms with Gasteiger partial charge in [-0.2, -0.15) is 0 Å². The molecule has 122 valence electrons. The Bertz CT molecular complexity index is 869. The monoisotopic (exact) mass is 360 g/mol. The number of anilines is 2. The number of aromatic nitrogens is 2. The van der Waals surface area contributed by atoms with Crippen LogP contribution in [0.3, 0.4) is 0 Å². The Morgan fingerprint density at radius 1 is 1.17 bits per heavy atom. The maximum atomic E-state index is 11.1. The van der Waals surface area contributed by atoms with E-state index < -0.39 is 4.92 Å². The van der Waals surface area contributed by atoms with Crippen LogP contribution in [0.1, 0.15) is 0 Å². The maximum absolute atomic E-state index is 11.1. The van der Waals surface area contributed by atoms with E-state index in [2.05, 4.69) is 15.5 Å². The van der Waals surface area contributed by atoms with E-state index in [1.807, 2.05) is 24.3 Å². The molecule has 0 atom stereocenters. The third kappa shape index (κ3) is 3.63. The van der Waals surface area contributed by atoms with Crippen molar-refractivity contribution in [1.82, 2.24) is 10.2 Å². The highest BCUT2D eigenvalue weighted by atomic mass is 32.2. The topological polar surface area (TPSA) is 90.2 Å². The van der Waals surface area contributed by atoms with E-state index in [0.717, 1.165) is 5.69 Å². The van der Waals surface area contributed by atoms with Crippen molar-refractivity contribution < 1.29 is 9.66 Å². The molecule has 1 heterocycles. The van der Waals surface area contributed by atoms with E-state index >= 15 is 0 Å². The zero-order valence-electron chi connectivity index (χ0n) is 12.5. The van der Waals surface area contributed by atoms with E-state index in [0.29, 0.717) is 20.1 Å². The molecular formula is C15H12N4O3S2. The van der Waals surface area contributed by atoms with Gasteiger partial charge in [0.1, 0.15) is 5.75 Å². The number of benzene rings is 2. The Labute approximate surface area is 145 Å². The average Bonchev–Trinajstić information content (AvgIpc) is 3.02. The third-order valence-electron chi connectivity index (χ3n) is 3.01. The predicted octanol–water partition coefficient (Wildman–Crippen LogP) is 4.35. The fraction of sp³-hybridized carbons (Fsp3) is 0.0667. The number of nitrogens with zero attached hydrogens (tertiary/aromatic N) is 3. The first kappa shape index (κ1) is 16.2. The highest BCUT2D eigenvalue weighted by Gasteiger charge is 2.16. The first-order valence-electron chi connectivity index (χ1n) is 6.82. The SMILES string of the molecule is COc1ccccc1Nc1nnc(Sc2ccccc2[N+](=O)[O-])s1. The zero-order valence-corrected chi connectivity index (χ0v) is 14.1. The van der Waals surface area contributed by atoms with Gasteiger partial charge < -0.3 is 10.1 Å². The summed E-state index contributed by atoms with van der Waals surface area (Å²) in [5.74, 6) is 0.695. The van der Waals surface area contributed by atoms with Crippen molar-refractivity contribution >= 4 is 39.6 Å². The van der Waals surface area contributed by atoms with Crippen LogP contribution in [0.15, 0.2) is 57.8 Å². The standard InChI is InChI=1S/C15H12N4O3S2/c1-22-12-8-4-2-6-10(12)16-14-17-18-15(24-14)23-13-9-5-3-7-11(13)19(20)21/h2-9H,1H3,(H,16,17). The molecule has 0 saturated carbocycles. The maximum Gasteiger partial charge on any atom is 0.283 e. The van der Waals surface area contributed by atoms with Crippen molar-refractivity contribution in [2.75, 3.05) is 12.4 Å². The minimum absolute atomic E-state index is 0.0527. The highest BCUT2D eigenvalue weighted by Crippen LogP contribution is 2.38. The number of para-hydroxylation sites is 3. The van der Waals surface area contributed by atoms with Gasteiger partial charge in [-0.3, -0.25) is 10.1 Å². The molecule has 1 N–H and O–H groups in total. The smallest absolute Gasteiger partial charge is 0.283 e. The molecule has 0 aliphatic rings. The molecule has 7 nitrogen and oxygen atoms in total. The van der Waals surface area contributed by atoms with Crippen molar-refractivity contribution in [3.05, 3.63) is 58.6 Å². The first-order chi connectivity index (χ1) is 11.7. The number of nitro groups is 1. The van der Waals surface area contributed by atoms with Gasteiger partial charge in [0.25, 0.3) is 5.69 Å². The predicted molar refractivity (Wildman–Crippen MR) is 93.4 cm³/mol. The summed E-state index contributed by atoms with van der Waals surface area (Å²) in [5.41, 5.74) is 0.829. The lowest BCUT2D eigenvalue weighted by Crippen LogP contribution is -1.93. The van der Waals surface area contributed by atoms with Crippen LogP contribution in [0.2, 0.25) is 0 Å². The number of ether oxygens (including phenoxy) is 1. The van der Waals surface area contributed by atoms with E-state index in [-0.39, 0.29) is 5.69 Å². The highest BCUT2D eigenvalue weighted by molar-refractivity contribution is 8.01. The largest absolute Gasteiger partial charge is 0.495 e. The molecule has 0 unspecified atom stereocenters. The van der Waals surface area contributed by atoms with Crippen molar-refractivity contribution in [2.24, 2.45) is 0 Å². The number of hydrogen-bond acceptors (Lipinski definition) is 8. The van der Waals surface area contributed by atoms with Gasteiger partial charge >= 0.3 is 0 Å². The van der Waals surface area contributed by atoms with Gasteiger partial charge in [0.2, 0.25) is 5.13 Å². The molecule has 0 spiro atoms. The van der Waals surface area contributed by atoms with Crippen molar-refractivity contribution in [1.29, 1.82) is 0 Å². The molecule has 9 heteroatoms. The minimum Gasteiger partial charge on any atom is -0.495 e. The summed E-state index contributed by atoms with van der Waals surface area (Å²) < 4.78 is 5.89. The Morgan fingerprint density at radius 3 is 2.71 bits per heavy atom. The lowest BCUT2D eigenvalue weighted by Gasteiger charge is -2.07. The number of nitro benzene ring substituents is 1. The molecule has 0 bridgehead atoms. The summed E-state index contributed by atoms with van der Waals surface area (Å²) in [4.78, 5) is 11.2. The van der Waals surface area contributed by atoms with Gasteiger partial charge in [0.15, 0.2) is 4.34 Å². The van der Waals surface area contributed by atoms with Crippen molar-refractivity contribution in [3.8, 4) is 5.75 Å². The van der Waals surface area contributed by atoms with Crippen LogP contribution in [0.25, 0.3) is 0 Å². The average molecular weight is 360 g/mol. The fourth-order valence-corrected chi connectivity index (χ4v) is 3.78. The molecule has 0 radical (unpaired) electrons. The lowest BCUT2D eigenvalue weighted by molar-refractivity contribution is -0.387. The molecule has 3 rings (SSSR count). The van der Waals surface area contributed by atoms with Crippen LogP contribution in [-0.2, 0) is 0 Å². The van der Waals surface area contributed by atoms with E-state index in [1.54, 1.807) is 25.3 Å². The van der Waals surface area contributed by atoms with Crippen LogP contribution in [0, 0.1) is 10.1 Å². The van der Waals surface area contributed by atoms with Gasteiger partial charge in [-0.1, -0.05) is 35.6 Å². The number of hydrogen-bond donors (Lipinski definition) is 1. The van der Waals surface area contributed by atoms with E-state index in [4.69, 9.17) is 4.74 Å². The van der Waals surface area contributed by atoms with Crippen LogP contribution in [0.4, 0.5) is 16.5 Å². The molecule has 0 saturated heterocycles. The molecule has 0 aliphatic heterocycles. The van der Waals surface area contributed by atoms with Gasteiger partial charge in [-0.15, -0.1) is 10.2 Å². The Hall–Kier alpha value is -2.65. The van der Waals surface area contributed by atoms with E-state index in [1.165, 1.54) is 29.2 Å². The summed E-state index contributed by atoms with van der Waals surface area (Å²) >= 11 is 2.53. The second-order valence-electron chi connectivity index (χ2n) is 4.53. The second-order valence-corrected chi connectivity index (χ2v) is 6.79. The Kier molecular flexibility index (Phi) is 4.92. The fourth-order valence-electron chi connectivity index (χ4n) is 1.95. The molecule has 3 aromatic rings. The van der Waals surface area contributed by atoms with Crippen LogP contribution in [-0.4, -0.2) is 22.2 Å². The quantitative estimate of drug-likeness (QED) is 0.516. The second kappa shape index (κ2) is 7.28. The Balaban J connectivity index is 1.78. The molecule has 1 aromatic heterocycles. The van der Waals surface area contributed by atoms with Gasteiger partial charge in [0.05, 0.1) is 22.6 Å². The molecule has 0 fully saturated rings. The van der Waals surface area contributed by atoms with Crippen LogP contribution in [0.5, 0.6) is 5.75 Å². The van der Waals surface area contributed by atoms with Crippen LogP contribution < -0.4 is 10.1 Å². The van der Waals surface area contributed by atoms with Gasteiger partial charge in [-0.05, 0) is 30.0 Å². The summed E-state index contributed by atoms with van der Waals surface area (Å²) in [6.07, 6.45) is 0. The molecule has 24 heavy (non-hydrogen) atoms. The molecule has 0 aliphatic carbocycles. The van der Waals surface area contributed by atoms with Crippen LogP contribution >= 0.6 is 23.1 Å². The van der Waals surface area contributed by atoms with Gasteiger partial charge in [0, 0.05) is 6.07 Å². The van der Waals surface area contributed by atoms with Crippen molar-refractivity contribution in [3.63, 3.8) is 0 Å².